The van der Waals surface area contributed by atoms with Gasteiger partial charge in [0.25, 0.3) is 5.91 Å². The second kappa shape index (κ2) is 6.32. The van der Waals surface area contributed by atoms with Crippen LogP contribution in [0.15, 0.2) is 36.4 Å². The number of para-hydroxylation sites is 1. The highest BCUT2D eigenvalue weighted by Gasteiger charge is 2.59. The number of carbonyl (C=O) groups excluding carboxylic acids is 3. The Morgan fingerprint density at radius 1 is 0.852 bits per heavy atom. The summed E-state index contributed by atoms with van der Waals surface area (Å²) in [7, 11) is 0. The van der Waals surface area contributed by atoms with Crippen molar-refractivity contribution >= 4 is 23.4 Å². The number of rotatable bonds is 2. The maximum absolute atomic E-state index is 13.2. The lowest BCUT2D eigenvalue weighted by Gasteiger charge is -2.24. The highest BCUT2D eigenvalue weighted by atomic mass is 16.2. The first-order chi connectivity index (χ1) is 13.2. The number of anilines is 1. The maximum Gasteiger partial charge on any atom is 0.255 e. The van der Waals surface area contributed by atoms with Crippen LogP contribution in [0.4, 0.5) is 5.69 Å². The van der Waals surface area contributed by atoms with Crippen LogP contribution in [-0.2, 0) is 9.59 Å². The summed E-state index contributed by atoms with van der Waals surface area (Å²) in [6.07, 6.45) is 9.41. The third kappa shape index (κ3) is 2.47. The van der Waals surface area contributed by atoms with Crippen LogP contribution >= 0.6 is 0 Å². The zero-order valence-corrected chi connectivity index (χ0v) is 15.3. The largest absolute Gasteiger partial charge is 0.339 e. The molecule has 140 valence electrons. The van der Waals surface area contributed by atoms with Crippen molar-refractivity contribution in [2.24, 2.45) is 23.7 Å². The normalized spacial score (nSPS) is 32.1. The van der Waals surface area contributed by atoms with Crippen LogP contribution in [0.1, 0.15) is 42.5 Å². The van der Waals surface area contributed by atoms with E-state index in [1.54, 1.807) is 18.2 Å². The Morgan fingerprint density at radius 3 is 2.07 bits per heavy atom. The second-order valence-electron chi connectivity index (χ2n) is 8.24. The smallest absolute Gasteiger partial charge is 0.255 e. The number of benzene rings is 1. The van der Waals surface area contributed by atoms with E-state index in [-0.39, 0.29) is 41.4 Å². The van der Waals surface area contributed by atoms with Crippen molar-refractivity contribution in [2.75, 3.05) is 18.0 Å². The minimum absolute atomic E-state index is 0.0637. The van der Waals surface area contributed by atoms with E-state index in [2.05, 4.69) is 12.2 Å². The van der Waals surface area contributed by atoms with Gasteiger partial charge in [-0.3, -0.25) is 14.4 Å². The van der Waals surface area contributed by atoms with Gasteiger partial charge < -0.3 is 4.90 Å². The van der Waals surface area contributed by atoms with E-state index >= 15 is 0 Å². The topological polar surface area (TPSA) is 57.7 Å². The van der Waals surface area contributed by atoms with Crippen LogP contribution < -0.4 is 4.90 Å². The number of nitrogens with zero attached hydrogens (tertiary/aromatic N) is 2. The molecule has 2 bridgehead atoms. The number of carbonyl (C=O) groups is 3. The van der Waals surface area contributed by atoms with Crippen molar-refractivity contribution in [3.8, 4) is 0 Å². The Labute approximate surface area is 159 Å². The van der Waals surface area contributed by atoms with Gasteiger partial charge in [-0.05, 0) is 43.2 Å². The maximum atomic E-state index is 13.2. The molecule has 0 spiro atoms. The van der Waals surface area contributed by atoms with Crippen molar-refractivity contribution in [1.29, 1.82) is 0 Å². The molecule has 2 aliphatic carbocycles. The van der Waals surface area contributed by atoms with Crippen LogP contribution in [0.5, 0.6) is 0 Å². The van der Waals surface area contributed by atoms with E-state index in [1.165, 1.54) is 4.90 Å². The van der Waals surface area contributed by atoms with Crippen LogP contribution in [-0.4, -0.2) is 35.7 Å². The second-order valence-corrected chi connectivity index (χ2v) is 8.24. The summed E-state index contributed by atoms with van der Waals surface area (Å²) >= 11 is 0. The number of hydrogen-bond donors (Lipinski definition) is 0. The molecule has 2 aliphatic heterocycles. The number of allylic oxidation sites excluding steroid dienone is 2. The number of imide groups is 1. The first-order valence-electron chi connectivity index (χ1n) is 10.1. The first-order valence-corrected chi connectivity index (χ1v) is 10.1. The Kier molecular flexibility index (Phi) is 3.92. The SMILES string of the molecule is O=C(c1ccccc1N1C(=O)[C@@H]2[C@@H](C1=O)[C@H]1C=C[C@H]2C1)N1CCCCCC1. The fourth-order valence-corrected chi connectivity index (χ4v) is 5.43. The summed E-state index contributed by atoms with van der Waals surface area (Å²) in [4.78, 5) is 42.7. The molecular weight excluding hydrogens is 340 g/mol. The Balaban J connectivity index is 1.49. The van der Waals surface area contributed by atoms with E-state index in [4.69, 9.17) is 0 Å². The van der Waals surface area contributed by atoms with Crippen molar-refractivity contribution in [3.63, 3.8) is 0 Å². The quantitative estimate of drug-likeness (QED) is 0.599. The summed E-state index contributed by atoms with van der Waals surface area (Å²) in [6.45, 7) is 1.49. The van der Waals surface area contributed by atoms with Crippen molar-refractivity contribution < 1.29 is 14.4 Å². The van der Waals surface area contributed by atoms with E-state index in [9.17, 15) is 14.4 Å². The molecule has 1 aromatic carbocycles. The van der Waals surface area contributed by atoms with E-state index in [0.29, 0.717) is 11.3 Å². The van der Waals surface area contributed by atoms with Gasteiger partial charge in [0.05, 0.1) is 23.1 Å². The van der Waals surface area contributed by atoms with Crippen LogP contribution in [0.3, 0.4) is 0 Å². The molecule has 5 nitrogen and oxygen atoms in total. The molecule has 5 rings (SSSR count). The zero-order valence-electron chi connectivity index (χ0n) is 15.3. The number of likely N-dealkylation sites (tertiary alicyclic amines) is 1. The van der Waals surface area contributed by atoms with Crippen LogP contribution in [0.2, 0.25) is 0 Å². The standard InChI is InChI=1S/C22H24N2O3/c25-20(23-11-5-1-2-6-12-23)16-7-3-4-8-17(16)24-21(26)18-14-9-10-15(13-14)19(18)22(24)27/h3-4,7-10,14-15,18-19H,1-2,5-6,11-13H2/t14-,15-,18-,19-/m0/s1. The van der Waals surface area contributed by atoms with Crippen LogP contribution in [0, 0.1) is 23.7 Å². The molecule has 4 atom stereocenters. The minimum Gasteiger partial charge on any atom is -0.339 e. The fourth-order valence-electron chi connectivity index (χ4n) is 5.43. The molecule has 1 aromatic rings. The molecule has 4 aliphatic rings. The highest BCUT2D eigenvalue weighted by molar-refractivity contribution is 6.24. The van der Waals surface area contributed by atoms with Gasteiger partial charge in [-0.2, -0.15) is 0 Å². The average molecular weight is 364 g/mol. The fraction of sp³-hybridized carbons (Fsp3) is 0.500. The zero-order chi connectivity index (χ0) is 18.5. The molecule has 3 fully saturated rings. The van der Waals surface area contributed by atoms with Gasteiger partial charge in [0, 0.05) is 13.1 Å². The average Bonchev–Trinajstić information content (AvgIpc) is 3.28. The third-order valence-electron chi connectivity index (χ3n) is 6.74. The van der Waals surface area contributed by atoms with Gasteiger partial charge in [0.2, 0.25) is 11.8 Å². The van der Waals surface area contributed by atoms with Crippen molar-refractivity contribution in [2.45, 2.75) is 32.1 Å². The van der Waals surface area contributed by atoms with E-state index in [1.807, 2.05) is 11.0 Å². The number of fused-ring (bicyclic) bond motifs is 5. The summed E-state index contributed by atoms with van der Waals surface area (Å²) in [5.41, 5.74) is 0.942. The Hall–Kier alpha value is -2.43. The highest BCUT2D eigenvalue weighted by Crippen LogP contribution is 2.53. The van der Waals surface area contributed by atoms with Gasteiger partial charge >= 0.3 is 0 Å². The number of hydrogen-bond acceptors (Lipinski definition) is 3. The molecule has 0 aromatic heterocycles. The van der Waals surface area contributed by atoms with Crippen molar-refractivity contribution in [1.82, 2.24) is 4.90 Å². The predicted octanol–water partition coefficient (Wildman–Crippen LogP) is 3.01. The molecule has 3 amide bonds. The predicted molar refractivity (Wildman–Crippen MR) is 101 cm³/mol. The van der Waals surface area contributed by atoms with Gasteiger partial charge in [-0.25, -0.2) is 4.90 Å². The summed E-state index contributed by atoms with van der Waals surface area (Å²) < 4.78 is 0. The lowest BCUT2D eigenvalue weighted by atomic mass is 9.85. The molecule has 27 heavy (non-hydrogen) atoms. The van der Waals surface area contributed by atoms with Gasteiger partial charge in [-0.15, -0.1) is 0 Å². The molecule has 2 heterocycles. The lowest BCUT2D eigenvalue weighted by molar-refractivity contribution is -0.123. The van der Waals surface area contributed by atoms with Gasteiger partial charge in [0.15, 0.2) is 0 Å². The summed E-state index contributed by atoms with van der Waals surface area (Å²) in [6, 6.07) is 7.11. The molecule has 1 saturated carbocycles. The molecule has 2 saturated heterocycles. The first kappa shape index (κ1) is 16.7. The monoisotopic (exact) mass is 364 g/mol. The summed E-state index contributed by atoms with van der Waals surface area (Å²) in [5.74, 6) is -0.449. The third-order valence-corrected chi connectivity index (χ3v) is 6.74. The molecule has 0 N–H and O–H groups in total. The molecule has 5 heteroatoms. The summed E-state index contributed by atoms with van der Waals surface area (Å²) in [5, 5.41) is 0. The van der Waals surface area contributed by atoms with E-state index in [0.717, 1.165) is 45.2 Å². The Morgan fingerprint density at radius 2 is 1.44 bits per heavy atom. The lowest BCUT2D eigenvalue weighted by Crippen LogP contribution is -2.37. The number of amides is 3. The van der Waals surface area contributed by atoms with Crippen LogP contribution in [0.25, 0.3) is 0 Å². The van der Waals surface area contributed by atoms with Gasteiger partial charge in [-0.1, -0.05) is 37.1 Å². The van der Waals surface area contributed by atoms with E-state index < -0.39 is 0 Å². The minimum atomic E-state index is -0.242. The van der Waals surface area contributed by atoms with Crippen molar-refractivity contribution in [3.05, 3.63) is 42.0 Å². The van der Waals surface area contributed by atoms with Gasteiger partial charge in [0.1, 0.15) is 0 Å². The molecular formula is C22H24N2O3. The Bertz CT molecular complexity index is 808. The molecule has 0 unspecified atom stereocenters. The molecule has 0 radical (unpaired) electrons.